The Kier molecular flexibility index (Phi) is 2.93. The van der Waals surface area contributed by atoms with E-state index in [2.05, 4.69) is 26.2 Å². The van der Waals surface area contributed by atoms with E-state index in [1.165, 1.54) is 0 Å². The summed E-state index contributed by atoms with van der Waals surface area (Å²) in [6.45, 7) is 2.42. The Bertz CT molecular complexity index is 269. The molecule has 1 unspecified atom stereocenters. The highest BCUT2D eigenvalue weighted by Gasteiger charge is 2.15. The molecule has 3 nitrogen and oxygen atoms in total. The predicted molar refractivity (Wildman–Crippen MR) is 53.5 cm³/mol. The summed E-state index contributed by atoms with van der Waals surface area (Å²) in [6.07, 6.45) is 1.81. The molecule has 1 aromatic heterocycles. The molecule has 1 saturated heterocycles. The van der Waals surface area contributed by atoms with Gasteiger partial charge in [-0.1, -0.05) is 0 Å². The molecule has 1 atom stereocenters. The van der Waals surface area contributed by atoms with E-state index < -0.39 is 0 Å². The lowest BCUT2D eigenvalue weighted by Crippen LogP contribution is -2.34. The molecule has 0 radical (unpaired) electrons. The van der Waals surface area contributed by atoms with Crippen LogP contribution in [0, 0.1) is 0 Å². The molecule has 1 N–H and O–H groups in total. The summed E-state index contributed by atoms with van der Waals surface area (Å²) in [7, 11) is 0. The standard InChI is InChI=1S/C9H11BrN2O/c10-7-1-2-8(12-5-7)9-6-13-4-3-11-9/h1-2,5,9,11H,3-4,6H2. The fourth-order valence-electron chi connectivity index (χ4n) is 1.35. The Morgan fingerprint density at radius 2 is 2.46 bits per heavy atom. The number of ether oxygens (including phenoxy) is 1. The van der Waals surface area contributed by atoms with Gasteiger partial charge in [-0.3, -0.25) is 4.98 Å². The van der Waals surface area contributed by atoms with Gasteiger partial charge in [-0.15, -0.1) is 0 Å². The highest BCUT2D eigenvalue weighted by atomic mass is 79.9. The van der Waals surface area contributed by atoms with E-state index in [0.717, 1.165) is 23.3 Å². The molecule has 70 valence electrons. The monoisotopic (exact) mass is 242 g/mol. The Morgan fingerprint density at radius 3 is 3.08 bits per heavy atom. The van der Waals surface area contributed by atoms with Gasteiger partial charge in [0.15, 0.2) is 0 Å². The Hall–Kier alpha value is -0.450. The SMILES string of the molecule is Brc1ccc(C2COCCN2)nc1. The Labute approximate surface area is 85.6 Å². The van der Waals surface area contributed by atoms with Gasteiger partial charge in [0.1, 0.15) is 0 Å². The summed E-state index contributed by atoms with van der Waals surface area (Å²) in [5, 5.41) is 3.35. The first-order valence-electron chi connectivity index (χ1n) is 4.29. The van der Waals surface area contributed by atoms with Crippen LogP contribution >= 0.6 is 15.9 Å². The molecule has 1 aliphatic rings. The Balaban J connectivity index is 2.10. The second kappa shape index (κ2) is 4.17. The molecule has 2 heterocycles. The molecule has 13 heavy (non-hydrogen) atoms. The highest BCUT2D eigenvalue weighted by Crippen LogP contribution is 2.15. The van der Waals surface area contributed by atoms with Crippen molar-refractivity contribution < 1.29 is 4.74 Å². The van der Waals surface area contributed by atoms with Gasteiger partial charge >= 0.3 is 0 Å². The fourth-order valence-corrected chi connectivity index (χ4v) is 1.58. The first kappa shape index (κ1) is 9.12. The molecule has 0 aromatic carbocycles. The van der Waals surface area contributed by atoms with Gasteiger partial charge in [-0.2, -0.15) is 0 Å². The third-order valence-corrected chi connectivity index (χ3v) is 2.50. The largest absolute Gasteiger partial charge is 0.378 e. The molecule has 0 aliphatic carbocycles. The van der Waals surface area contributed by atoms with Crippen LogP contribution in [0.4, 0.5) is 0 Å². The second-order valence-corrected chi connectivity index (χ2v) is 3.90. The molecule has 0 saturated carbocycles. The van der Waals surface area contributed by atoms with Gasteiger partial charge in [-0.05, 0) is 28.1 Å². The van der Waals surface area contributed by atoms with E-state index in [-0.39, 0.29) is 6.04 Å². The average Bonchev–Trinajstić information content (AvgIpc) is 2.20. The topological polar surface area (TPSA) is 34.1 Å². The number of nitrogens with zero attached hydrogens (tertiary/aromatic N) is 1. The van der Waals surface area contributed by atoms with Crippen LogP contribution in [-0.4, -0.2) is 24.7 Å². The first-order valence-corrected chi connectivity index (χ1v) is 5.08. The maximum Gasteiger partial charge on any atom is 0.0733 e. The zero-order valence-electron chi connectivity index (χ0n) is 7.16. The predicted octanol–water partition coefficient (Wildman–Crippen LogP) is 1.50. The number of aromatic nitrogens is 1. The van der Waals surface area contributed by atoms with Gasteiger partial charge in [0, 0.05) is 17.2 Å². The van der Waals surface area contributed by atoms with Gasteiger partial charge in [-0.25, -0.2) is 0 Å². The summed E-state index contributed by atoms with van der Waals surface area (Å²) in [4.78, 5) is 4.31. The minimum absolute atomic E-state index is 0.252. The van der Waals surface area contributed by atoms with Crippen molar-refractivity contribution in [2.45, 2.75) is 6.04 Å². The van der Waals surface area contributed by atoms with Crippen LogP contribution in [0.1, 0.15) is 11.7 Å². The van der Waals surface area contributed by atoms with E-state index in [4.69, 9.17) is 4.74 Å². The van der Waals surface area contributed by atoms with E-state index in [1.807, 2.05) is 18.3 Å². The number of rotatable bonds is 1. The average molecular weight is 243 g/mol. The van der Waals surface area contributed by atoms with Crippen LogP contribution in [0.2, 0.25) is 0 Å². The normalized spacial score (nSPS) is 23.0. The third-order valence-electron chi connectivity index (χ3n) is 2.03. The van der Waals surface area contributed by atoms with Gasteiger partial charge < -0.3 is 10.1 Å². The fraction of sp³-hybridized carbons (Fsp3) is 0.444. The van der Waals surface area contributed by atoms with Crippen molar-refractivity contribution in [1.29, 1.82) is 0 Å². The highest BCUT2D eigenvalue weighted by molar-refractivity contribution is 9.10. The molecule has 0 bridgehead atoms. The summed E-state index contributed by atoms with van der Waals surface area (Å²) in [5.41, 5.74) is 1.04. The van der Waals surface area contributed by atoms with Gasteiger partial charge in [0.05, 0.1) is 24.9 Å². The van der Waals surface area contributed by atoms with Crippen LogP contribution < -0.4 is 5.32 Å². The smallest absolute Gasteiger partial charge is 0.0733 e. The minimum atomic E-state index is 0.252. The summed E-state index contributed by atoms with van der Waals surface area (Å²) in [6, 6.07) is 4.26. The molecule has 0 amide bonds. The van der Waals surface area contributed by atoms with E-state index in [9.17, 15) is 0 Å². The van der Waals surface area contributed by atoms with Crippen LogP contribution in [0.3, 0.4) is 0 Å². The molecule has 1 aromatic rings. The summed E-state index contributed by atoms with van der Waals surface area (Å²) >= 11 is 3.36. The summed E-state index contributed by atoms with van der Waals surface area (Å²) in [5.74, 6) is 0. The van der Waals surface area contributed by atoms with Crippen molar-refractivity contribution in [1.82, 2.24) is 10.3 Å². The lowest BCUT2D eigenvalue weighted by Gasteiger charge is -2.23. The van der Waals surface area contributed by atoms with Crippen LogP contribution in [0.25, 0.3) is 0 Å². The number of pyridine rings is 1. The number of hydrogen-bond acceptors (Lipinski definition) is 3. The number of morpholine rings is 1. The third kappa shape index (κ3) is 2.27. The van der Waals surface area contributed by atoms with Crippen LogP contribution in [-0.2, 0) is 4.74 Å². The first-order chi connectivity index (χ1) is 6.36. The van der Waals surface area contributed by atoms with Gasteiger partial charge in [0.25, 0.3) is 0 Å². The molecule has 2 rings (SSSR count). The number of nitrogens with one attached hydrogen (secondary N) is 1. The van der Waals surface area contributed by atoms with Crippen LogP contribution in [0.15, 0.2) is 22.8 Å². The maximum absolute atomic E-state index is 5.35. The molecule has 1 aliphatic heterocycles. The van der Waals surface area contributed by atoms with E-state index in [0.29, 0.717) is 6.61 Å². The zero-order chi connectivity index (χ0) is 9.10. The van der Waals surface area contributed by atoms with Crippen LogP contribution in [0.5, 0.6) is 0 Å². The molecular formula is C9H11BrN2O. The zero-order valence-corrected chi connectivity index (χ0v) is 8.75. The second-order valence-electron chi connectivity index (χ2n) is 2.98. The number of halogens is 1. The van der Waals surface area contributed by atoms with Crippen molar-refractivity contribution in [2.75, 3.05) is 19.8 Å². The lowest BCUT2D eigenvalue weighted by molar-refractivity contribution is 0.0756. The van der Waals surface area contributed by atoms with Crippen molar-refractivity contribution in [3.8, 4) is 0 Å². The Morgan fingerprint density at radius 1 is 1.54 bits per heavy atom. The maximum atomic E-state index is 5.35. The van der Waals surface area contributed by atoms with Crippen molar-refractivity contribution in [3.63, 3.8) is 0 Å². The number of hydrogen-bond donors (Lipinski definition) is 1. The molecule has 1 fully saturated rings. The lowest BCUT2D eigenvalue weighted by atomic mass is 10.2. The van der Waals surface area contributed by atoms with Crippen molar-refractivity contribution >= 4 is 15.9 Å². The molecule has 4 heteroatoms. The molecular weight excluding hydrogens is 232 g/mol. The van der Waals surface area contributed by atoms with E-state index in [1.54, 1.807) is 0 Å². The minimum Gasteiger partial charge on any atom is -0.378 e. The molecule has 0 spiro atoms. The van der Waals surface area contributed by atoms with Crippen molar-refractivity contribution in [3.05, 3.63) is 28.5 Å². The quantitative estimate of drug-likeness (QED) is 0.811. The van der Waals surface area contributed by atoms with Gasteiger partial charge in [0.2, 0.25) is 0 Å². The summed E-state index contributed by atoms with van der Waals surface area (Å²) < 4.78 is 6.36. The van der Waals surface area contributed by atoms with E-state index >= 15 is 0 Å². The van der Waals surface area contributed by atoms with Crippen molar-refractivity contribution in [2.24, 2.45) is 0 Å².